The molecule has 5 heteroatoms. The van der Waals surface area contributed by atoms with Crippen molar-refractivity contribution in [3.05, 3.63) is 0 Å². The summed E-state index contributed by atoms with van der Waals surface area (Å²) in [4.78, 5) is 4.43. The van der Waals surface area contributed by atoms with Crippen LogP contribution >= 0.6 is 24.0 Å². The lowest BCUT2D eigenvalue weighted by Crippen LogP contribution is -2.69. The number of methoxy groups -OCH3 is 1. The lowest BCUT2D eigenvalue weighted by atomic mass is 9.56. The molecule has 2 unspecified atom stereocenters. The average molecular weight is 369 g/mol. The van der Waals surface area contributed by atoms with Gasteiger partial charge in [0, 0.05) is 31.7 Å². The number of aliphatic imine (C=N–C) groups is 1. The molecule has 2 N–H and O–H groups in total. The normalized spacial score (nSPS) is 30.1. The minimum atomic E-state index is -0.0335. The quantitative estimate of drug-likeness (QED) is 0.455. The van der Waals surface area contributed by atoms with Gasteiger partial charge in [0.05, 0.1) is 5.60 Å². The van der Waals surface area contributed by atoms with E-state index < -0.39 is 0 Å². The van der Waals surface area contributed by atoms with Crippen molar-refractivity contribution in [2.24, 2.45) is 10.4 Å². The number of nitrogens with one attached hydrogen (secondary N) is 2. The fourth-order valence-corrected chi connectivity index (χ4v) is 2.37. The van der Waals surface area contributed by atoms with Crippen LogP contribution in [0.4, 0.5) is 0 Å². The average Bonchev–Trinajstić information content (AvgIpc) is 2.28. The van der Waals surface area contributed by atoms with Crippen LogP contribution < -0.4 is 10.6 Å². The first-order valence-corrected chi connectivity index (χ1v) is 6.51. The lowest BCUT2D eigenvalue weighted by Gasteiger charge is -2.59. The van der Waals surface area contributed by atoms with E-state index in [9.17, 15) is 0 Å². The van der Waals surface area contributed by atoms with Crippen molar-refractivity contribution in [1.82, 2.24) is 10.6 Å². The number of hydrogen-bond acceptors (Lipinski definition) is 2. The van der Waals surface area contributed by atoms with E-state index in [1.54, 1.807) is 7.11 Å². The molecule has 0 spiro atoms. The minimum Gasteiger partial charge on any atom is -0.378 e. The number of rotatable bonds is 4. The second-order valence-electron chi connectivity index (χ2n) is 5.41. The van der Waals surface area contributed by atoms with Crippen molar-refractivity contribution in [3.63, 3.8) is 0 Å². The van der Waals surface area contributed by atoms with Gasteiger partial charge in [0.15, 0.2) is 5.96 Å². The molecule has 1 saturated carbocycles. The Morgan fingerprint density at radius 3 is 2.33 bits per heavy atom. The first-order chi connectivity index (χ1) is 7.91. The number of guanidine groups is 1. The maximum Gasteiger partial charge on any atom is 0.191 e. The molecule has 18 heavy (non-hydrogen) atoms. The zero-order valence-corrected chi connectivity index (χ0v) is 14.8. The van der Waals surface area contributed by atoms with Gasteiger partial charge in [-0.15, -0.1) is 24.0 Å². The molecule has 0 heterocycles. The molecule has 0 bridgehead atoms. The summed E-state index contributed by atoms with van der Waals surface area (Å²) in [6.07, 6.45) is 1.02. The van der Waals surface area contributed by atoms with Crippen molar-refractivity contribution in [1.29, 1.82) is 0 Å². The van der Waals surface area contributed by atoms with Crippen molar-refractivity contribution in [2.45, 2.75) is 52.7 Å². The number of halogens is 1. The van der Waals surface area contributed by atoms with Gasteiger partial charge in [-0.2, -0.15) is 0 Å². The summed E-state index contributed by atoms with van der Waals surface area (Å²) in [6.45, 7) is 12.5. The van der Waals surface area contributed by atoms with Gasteiger partial charge >= 0.3 is 0 Å². The highest BCUT2D eigenvalue weighted by Crippen LogP contribution is 2.51. The first kappa shape index (κ1) is 18.0. The Kier molecular flexibility index (Phi) is 6.92. The lowest BCUT2D eigenvalue weighted by molar-refractivity contribution is -0.176. The topological polar surface area (TPSA) is 45.7 Å². The van der Waals surface area contributed by atoms with E-state index in [0.29, 0.717) is 6.04 Å². The number of nitrogens with zero attached hydrogens (tertiary/aromatic N) is 1. The number of ether oxygens (including phenoxy) is 1. The standard InChI is InChI=1S/C13H27N3O.HI/c1-7-14-11(15-8-2)16-10-9-13(5,17-6)12(10,3)4;/h10H,7-9H2,1-6H3,(H2,14,15,16);1H. The van der Waals surface area contributed by atoms with Gasteiger partial charge < -0.3 is 15.4 Å². The van der Waals surface area contributed by atoms with Crippen molar-refractivity contribution in [3.8, 4) is 0 Å². The van der Waals surface area contributed by atoms with Gasteiger partial charge in [0.2, 0.25) is 0 Å². The van der Waals surface area contributed by atoms with Crippen LogP contribution in [-0.4, -0.2) is 37.8 Å². The Balaban J connectivity index is 0.00000289. The van der Waals surface area contributed by atoms with Gasteiger partial charge in [-0.1, -0.05) is 13.8 Å². The van der Waals surface area contributed by atoms with Crippen LogP contribution in [0.15, 0.2) is 4.99 Å². The highest BCUT2D eigenvalue weighted by Gasteiger charge is 2.57. The molecule has 0 aliphatic heterocycles. The van der Waals surface area contributed by atoms with E-state index in [1.165, 1.54) is 0 Å². The third kappa shape index (κ3) is 3.29. The molecule has 1 rings (SSSR count). The number of hydrogen-bond donors (Lipinski definition) is 2. The first-order valence-electron chi connectivity index (χ1n) is 6.51. The van der Waals surface area contributed by atoms with Gasteiger partial charge in [-0.05, 0) is 27.2 Å². The fourth-order valence-electron chi connectivity index (χ4n) is 2.37. The van der Waals surface area contributed by atoms with Crippen LogP contribution in [0.3, 0.4) is 0 Å². The van der Waals surface area contributed by atoms with E-state index in [0.717, 1.165) is 25.5 Å². The maximum absolute atomic E-state index is 5.62. The summed E-state index contributed by atoms with van der Waals surface area (Å²) >= 11 is 0. The summed E-state index contributed by atoms with van der Waals surface area (Å²) < 4.78 is 5.62. The van der Waals surface area contributed by atoms with Crippen LogP contribution in [0, 0.1) is 5.41 Å². The second kappa shape index (κ2) is 6.93. The zero-order valence-electron chi connectivity index (χ0n) is 12.5. The Hall–Kier alpha value is -0.0400. The fraction of sp³-hybridized carbons (Fsp3) is 0.923. The molecule has 0 radical (unpaired) electrons. The van der Waals surface area contributed by atoms with Gasteiger partial charge in [-0.25, -0.2) is 0 Å². The summed E-state index contributed by atoms with van der Waals surface area (Å²) in [5, 5.41) is 6.76. The molecule has 0 saturated heterocycles. The van der Waals surface area contributed by atoms with Crippen molar-refractivity contribution < 1.29 is 4.74 Å². The molecule has 0 aromatic heterocycles. The van der Waals surface area contributed by atoms with E-state index >= 15 is 0 Å². The molecular weight excluding hydrogens is 341 g/mol. The molecule has 1 aliphatic rings. The predicted octanol–water partition coefficient (Wildman–Crippen LogP) is 2.38. The third-order valence-corrected chi connectivity index (χ3v) is 4.25. The molecule has 108 valence electrons. The molecular formula is C13H28IN3O. The van der Waals surface area contributed by atoms with Crippen LogP contribution in [0.5, 0.6) is 0 Å². The van der Waals surface area contributed by atoms with E-state index in [1.807, 2.05) is 6.92 Å². The second-order valence-corrected chi connectivity index (χ2v) is 5.41. The van der Waals surface area contributed by atoms with Crippen LogP contribution in [0.2, 0.25) is 0 Å². The van der Waals surface area contributed by atoms with E-state index in [2.05, 4.69) is 43.3 Å². The highest BCUT2D eigenvalue weighted by molar-refractivity contribution is 14.0. The minimum absolute atomic E-state index is 0. The summed E-state index contributed by atoms with van der Waals surface area (Å²) in [6, 6.07) is 0.414. The monoisotopic (exact) mass is 369 g/mol. The van der Waals surface area contributed by atoms with Gasteiger partial charge in [0.25, 0.3) is 0 Å². The summed E-state index contributed by atoms with van der Waals surface area (Å²) in [5.41, 5.74) is 0.0832. The molecule has 2 atom stereocenters. The molecule has 1 aliphatic carbocycles. The van der Waals surface area contributed by atoms with Gasteiger partial charge in [-0.3, -0.25) is 4.99 Å². The zero-order chi connectivity index (χ0) is 13.1. The largest absolute Gasteiger partial charge is 0.378 e. The van der Waals surface area contributed by atoms with Crippen molar-refractivity contribution in [2.75, 3.05) is 20.2 Å². The molecule has 0 amide bonds. The van der Waals surface area contributed by atoms with Crippen LogP contribution in [-0.2, 0) is 4.74 Å². The Bertz CT molecular complexity index is 294. The Labute approximate surface area is 128 Å². The maximum atomic E-state index is 5.62. The molecule has 4 nitrogen and oxygen atoms in total. The van der Waals surface area contributed by atoms with E-state index in [-0.39, 0.29) is 35.0 Å². The highest BCUT2D eigenvalue weighted by atomic mass is 127. The van der Waals surface area contributed by atoms with Crippen LogP contribution in [0.25, 0.3) is 0 Å². The van der Waals surface area contributed by atoms with Crippen LogP contribution in [0.1, 0.15) is 41.0 Å². The smallest absolute Gasteiger partial charge is 0.191 e. The molecule has 0 aromatic rings. The van der Waals surface area contributed by atoms with E-state index in [4.69, 9.17) is 4.74 Å². The summed E-state index contributed by atoms with van der Waals surface area (Å²) in [5.74, 6) is 0.909. The summed E-state index contributed by atoms with van der Waals surface area (Å²) in [7, 11) is 1.79. The third-order valence-electron chi connectivity index (χ3n) is 4.25. The Morgan fingerprint density at radius 1 is 1.33 bits per heavy atom. The van der Waals surface area contributed by atoms with Crippen molar-refractivity contribution >= 4 is 29.9 Å². The molecule has 1 fully saturated rings. The predicted molar refractivity (Wildman–Crippen MR) is 87.8 cm³/mol. The Morgan fingerprint density at radius 2 is 1.94 bits per heavy atom. The molecule has 0 aromatic carbocycles. The SMILES string of the molecule is CCN=C(NCC)NC1CC(C)(OC)C1(C)C.I. The van der Waals surface area contributed by atoms with Gasteiger partial charge in [0.1, 0.15) is 0 Å².